The highest BCUT2D eigenvalue weighted by Crippen LogP contribution is 2.41. The molecule has 10 heteroatoms. The van der Waals surface area contributed by atoms with E-state index in [1.165, 1.54) is 18.2 Å². The van der Waals surface area contributed by atoms with E-state index in [1.54, 1.807) is 19.2 Å². The fourth-order valence-electron chi connectivity index (χ4n) is 3.67. The lowest BCUT2D eigenvalue weighted by Gasteiger charge is -2.27. The number of hydrogen-bond donors (Lipinski definition) is 2. The molecule has 1 unspecified atom stereocenters. The number of nitrogens with two attached hydrogens (primary N) is 1. The van der Waals surface area contributed by atoms with Crippen molar-refractivity contribution in [2.45, 2.75) is 19.1 Å². The summed E-state index contributed by atoms with van der Waals surface area (Å²) in [4.78, 5) is 16.8. The van der Waals surface area contributed by atoms with Crippen molar-refractivity contribution in [2.24, 2.45) is 10.7 Å². The average Bonchev–Trinajstić information content (AvgIpc) is 3.17. The zero-order valence-electron chi connectivity index (χ0n) is 17.4. The number of nitrogens with zero attached hydrogens (tertiary/aromatic N) is 2. The fraction of sp³-hybridized carbons (Fsp3) is 0.174. The van der Waals surface area contributed by atoms with Crippen LogP contribution in [0.2, 0.25) is 0 Å². The maximum Gasteiger partial charge on any atom is 0.387 e. The Bertz CT molecular complexity index is 1170. The topological polar surface area (TPSA) is 107 Å². The van der Waals surface area contributed by atoms with Gasteiger partial charge in [0.25, 0.3) is 12.5 Å². The van der Waals surface area contributed by atoms with Gasteiger partial charge in [-0.25, -0.2) is 9.38 Å². The van der Waals surface area contributed by atoms with Crippen molar-refractivity contribution in [1.29, 1.82) is 0 Å². The van der Waals surface area contributed by atoms with E-state index in [4.69, 9.17) is 20.4 Å². The van der Waals surface area contributed by atoms with Crippen LogP contribution in [0.3, 0.4) is 0 Å². The van der Waals surface area contributed by atoms with Crippen molar-refractivity contribution < 1.29 is 32.5 Å². The zero-order chi connectivity index (χ0) is 24.0. The quantitative estimate of drug-likeness (QED) is 0.557. The molecule has 0 saturated heterocycles. The number of ether oxygens (including phenoxy) is 2. The lowest BCUT2D eigenvalue weighted by molar-refractivity contribution is -0.122. The zero-order valence-corrected chi connectivity index (χ0v) is 17.4. The van der Waals surface area contributed by atoms with Crippen molar-refractivity contribution >= 4 is 12.5 Å². The van der Waals surface area contributed by atoms with Crippen LogP contribution in [0, 0.1) is 12.7 Å². The Labute approximate surface area is 187 Å². The lowest BCUT2D eigenvalue weighted by atomic mass is 9.81. The molecular weight excluding hydrogens is 439 g/mol. The Balaban J connectivity index is 0.000000968. The maximum atomic E-state index is 13.6. The van der Waals surface area contributed by atoms with Gasteiger partial charge in [0.05, 0.1) is 6.20 Å². The van der Waals surface area contributed by atoms with Gasteiger partial charge in [0.15, 0.2) is 5.54 Å². The van der Waals surface area contributed by atoms with Crippen LogP contribution in [0.4, 0.5) is 13.2 Å². The second kappa shape index (κ2) is 10.0. The lowest BCUT2D eigenvalue weighted by Crippen LogP contribution is -2.28. The molecule has 0 amide bonds. The van der Waals surface area contributed by atoms with Gasteiger partial charge in [-0.3, -0.25) is 9.78 Å². The summed E-state index contributed by atoms with van der Waals surface area (Å²) in [6.45, 7) is -1.25. The third kappa shape index (κ3) is 5.22. The first-order valence-corrected chi connectivity index (χ1v) is 9.62. The number of aliphatic imine (C=N–C) groups is 1. The van der Waals surface area contributed by atoms with Gasteiger partial charge in [-0.15, -0.1) is 0 Å². The van der Waals surface area contributed by atoms with E-state index in [9.17, 15) is 13.2 Å². The van der Waals surface area contributed by atoms with Crippen LogP contribution in [-0.4, -0.2) is 35.8 Å². The molecule has 0 fully saturated rings. The Morgan fingerprint density at radius 2 is 1.94 bits per heavy atom. The molecule has 0 saturated carbocycles. The van der Waals surface area contributed by atoms with E-state index in [1.807, 2.05) is 24.3 Å². The van der Waals surface area contributed by atoms with Gasteiger partial charge in [0.2, 0.25) is 0 Å². The van der Waals surface area contributed by atoms with Gasteiger partial charge in [-0.1, -0.05) is 24.3 Å². The van der Waals surface area contributed by atoms with Gasteiger partial charge < -0.3 is 20.3 Å². The Kier molecular flexibility index (Phi) is 7.17. The molecule has 4 rings (SSSR count). The standard InChI is InChI=1S/C22H18F3N3O2.CH2O2/c1-13-7-18(30-20(24)25)5-6-19(13)22(12-29-21(26)28-22)16-4-2-3-14(8-16)15-9-17(23)11-27-10-15;2-1-3/h2-11,20H,12H2,1H3,(H2,26,28);1H,(H,2,3). The van der Waals surface area contributed by atoms with Crippen molar-refractivity contribution in [1.82, 2.24) is 4.98 Å². The summed E-state index contributed by atoms with van der Waals surface area (Å²) in [6, 6.07) is 13.5. The van der Waals surface area contributed by atoms with Crippen LogP contribution in [-0.2, 0) is 15.1 Å². The number of hydrogen-bond acceptors (Lipinski definition) is 6. The molecule has 1 aromatic heterocycles. The summed E-state index contributed by atoms with van der Waals surface area (Å²) < 4.78 is 48.8. The molecule has 0 aliphatic carbocycles. The van der Waals surface area contributed by atoms with Gasteiger partial charge in [0.1, 0.15) is 18.2 Å². The monoisotopic (exact) mass is 459 g/mol. The molecular formula is C23H20F3N3O4. The molecule has 3 aromatic rings. The number of benzene rings is 2. The van der Waals surface area contributed by atoms with Gasteiger partial charge >= 0.3 is 6.61 Å². The smallest absolute Gasteiger partial charge is 0.387 e. The van der Waals surface area contributed by atoms with E-state index >= 15 is 0 Å². The number of aromatic nitrogens is 1. The highest BCUT2D eigenvalue weighted by Gasteiger charge is 2.41. The Morgan fingerprint density at radius 3 is 2.55 bits per heavy atom. The normalized spacial score (nSPS) is 16.9. The van der Waals surface area contributed by atoms with Gasteiger partial charge in [-0.05, 0) is 53.4 Å². The van der Waals surface area contributed by atoms with E-state index in [2.05, 4.69) is 14.7 Å². The van der Waals surface area contributed by atoms with Crippen molar-refractivity contribution in [2.75, 3.05) is 6.61 Å². The summed E-state index contributed by atoms with van der Waals surface area (Å²) >= 11 is 0. The van der Waals surface area contributed by atoms with E-state index in [0.717, 1.165) is 22.9 Å². The Hall–Kier alpha value is -4.08. The largest absolute Gasteiger partial charge is 0.483 e. The van der Waals surface area contributed by atoms with Crippen molar-refractivity contribution in [3.63, 3.8) is 0 Å². The van der Waals surface area contributed by atoms with Crippen LogP contribution in [0.1, 0.15) is 16.7 Å². The molecule has 7 nitrogen and oxygen atoms in total. The van der Waals surface area contributed by atoms with Crippen LogP contribution < -0.4 is 10.5 Å². The number of pyridine rings is 1. The predicted octanol–water partition coefficient (Wildman–Crippen LogP) is 4.09. The molecule has 33 heavy (non-hydrogen) atoms. The van der Waals surface area contributed by atoms with E-state index in [0.29, 0.717) is 11.1 Å². The van der Waals surface area contributed by atoms with Crippen LogP contribution in [0.25, 0.3) is 11.1 Å². The molecule has 0 bridgehead atoms. The average molecular weight is 459 g/mol. The number of alkyl halides is 2. The van der Waals surface area contributed by atoms with E-state index in [-0.39, 0.29) is 24.9 Å². The van der Waals surface area contributed by atoms with Gasteiger partial charge in [-0.2, -0.15) is 8.78 Å². The van der Waals surface area contributed by atoms with Crippen LogP contribution >= 0.6 is 0 Å². The minimum atomic E-state index is -2.91. The number of amidine groups is 1. The number of rotatable bonds is 5. The van der Waals surface area contributed by atoms with Crippen molar-refractivity contribution in [3.8, 4) is 16.9 Å². The number of halogens is 3. The summed E-state index contributed by atoms with van der Waals surface area (Å²) in [7, 11) is 0. The highest BCUT2D eigenvalue weighted by atomic mass is 19.3. The molecule has 2 heterocycles. The molecule has 1 atom stereocenters. The van der Waals surface area contributed by atoms with Crippen LogP contribution in [0.15, 0.2) is 65.9 Å². The number of carbonyl (C=O) groups is 1. The molecule has 1 aliphatic heterocycles. The first-order valence-electron chi connectivity index (χ1n) is 9.62. The highest BCUT2D eigenvalue weighted by molar-refractivity contribution is 5.76. The minimum absolute atomic E-state index is 0.0279. The van der Waals surface area contributed by atoms with Crippen molar-refractivity contribution in [3.05, 3.63) is 83.4 Å². The molecule has 2 aromatic carbocycles. The Morgan fingerprint density at radius 1 is 1.18 bits per heavy atom. The third-order valence-electron chi connectivity index (χ3n) is 4.98. The first-order chi connectivity index (χ1) is 15.8. The molecule has 172 valence electrons. The second-order valence-corrected chi connectivity index (χ2v) is 7.03. The van der Waals surface area contributed by atoms with E-state index < -0.39 is 18.0 Å². The third-order valence-corrected chi connectivity index (χ3v) is 4.98. The summed E-state index contributed by atoms with van der Waals surface area (Å²) in [5.41, 5.74) is 8.41. The van der Waals surface area contributed by atoms with Crippen LogP contribution in [0.5, 0.6) is 5.75 Å². The fourth-order valence-corrected chi connectivity index (χ4v) is 3.67. The summed E-state index contributed by atoms with van der Waals surface area (Å²) in [6.07, 6.45) is 2.70. The molecule has 0 spiro atoms. The predicted molar refractivity (Wildman–Crippen MR) is 114 cm³/mol. The van der Waals surface area contributed by atoms with Gasteiger partial charge in [0, 0.05) is 11.8 Å². The summed E-state index contributed by atoms with van der Waals surface area (Å²) in [5, 5.41) is 6.89. The molecule has 3 N–H and O–H groups in total. The first kappa shape index (κ1) is 23.6. The molecule has 1 aliphatic rings. The maximum absolute atomic E-state index is 13.6. The molecule has 0 radical (unpaired) electrons. The number of carboxylic acid groups (broad SMARTS) is 1. The SMILES string of the molecule is Cc1cc(OC(F)F)ccc1C1(c2cccc(-c3cncc(F)c3)c2)COC(N)=N1.O=CO. The second-order valence-electron chi connectivity index (χ2n) is 7.03. The summed E-state index contributed by atoms with van der Waals surface area (Å²) in [5.74, 6) is -0.388. The number of aryl methyl sites for hydroxylation is 1. The minimum Gasteiger partial charge on any atom is -0.483 e.